The average molecular weight is 360 g/mol. The number of hydrogen-bond acceptors (Lipinski definition) is 4. The Morgan fingerprint density at radius 2 is 1.80 bits per heavy atom. The highest BCUT2D eigenvalue weighted by atomic mass is 32.2. The molecule has 0 aromatic heterocycles. The van der Waals surface area contributed by atoms with Crippen molar-refractivity contribution in [3.05, 3.63) is 60.2 Å². The summed E-state index contributed by atoms with van der Waals surface area (Å²) < 4.78 is 32.6. The molecule has 1 aliphatic heterocycles. The number of morpholine rings is 1. The normalized spacial score (nSPS) is 18.4. The fourth-order valence-corrected chi connectivity index (χ4v) is 3.70. The van der Waals surface area contributed by atoms with Gasteiger partial charge in [0.1, 0.15) is 6.61 Å². The lowest BCUT2D eigenvalue weighted by molar-refractivity contribution is -0.129. The molecular weight excluding hydrogens is 340 g/mol. The standard InChI is InChI=1S/C18H20N2O4S/c1-14-7-9-15(10-8-14)20-12-16(24-13-18(20)21)11-19-25(22,23)17-5-3-2-4-6-17/h2-10,16,19H,11-13H2,1H3. The maximum absolute atomic E-state index is 12.3. The minimum atomic E-state index is -3.59. The van der Waals surface area contributed by atoms with Crippen LogP contribution in [0.2, 0.25) is 0 Å². The number of rotatable bonds is 5. The van der Waals surface area contributed by atoms with Gasteiger partial charge in [0.25, 0.3) is 5.91 Å². The number of nitrogens with zero attached hydrogens (tertiary/aromatic N) is 1. The van der Waals surface area contributed by atoms with Crippen molar-refractivity contribution in [3.8, 4) is 0 Å². The van der Waals surface area contributed by atoms with E-state index in [0.29, 0.717) is 6.54 Å². The summed E-state index contributed by atoms with van der Waals surface area (Å²) in [7, 11) is -3.59. The average Bonchev–Trinajstić information content (AvgIpc) is 2.63. The molecule has 0 aliphatic carbocycles. The third kappa shape index (κ3) is 4.25. The second kappa shape index (κ2) is 7.35. The molecule has 1 N–H and O–H groups in total. The number of carbonyl (C=O) groups excluding carboxylic acids is 1. The molecule has 1 aliphatic rings. The van der Waals surface area contributed by atoms with Gasteiger partial charge in [-0.2, -0.15) is 0 Å². The molecule has 1 atom stereocenters. The number of benzene rings is 2. The van der Waals surface area contributed by atoms with Crippen LogP contribution in [-0.4, -0.2) is 40.1 Å². The van der Waals surface area contributed by atoms with Crippen molar-refractivity contribution >= 4 is 21.6 Å². The van der Waals surface area contributed by atoms with Gasteiger partial charge in [-0.05, 0) is 31.2 Å². The topological polar surface area (TPSA) is 75.7 Å². The van der Waals surface area contributed by atoms with E-state index in [1.165, 1.54) is 12.1 Å². The van der Waals surface area contributed by atoms with Crippen LogP contribution in [0.25, 0.3) is 0 Å². The number of aryl methyl sites for hydroxylation is 1. The minimum absolute atomic E-state index is 0.0639. The number of hydrogen-bond donors (Lipinski definition) is 1. The molecule has 0 bridgehead atoms. The largest absolute Gasteiger partial charge is 0.365 e. The van der Waals surface area contributed by atoms with Crippen molar-refractivity contribution in [2.75, 3.05) is 24.6 Å². The lowest BCUT2D eigenvalue weighted by Crippen LogP contribution is -2.50. The molecule has 2 aromatic carbocycles. The zero-order chi connectivity index (χ0) is 17.9. The van der Waals surface area contributed by atoms with Crippen molar-refractivity contribution in [2.24, 2.45) is 0 Å². The van der Waals surface area contributed by atoms with E-state index < -0.39 is 16.1 Å². The van der Waals surface area contributed by atoms with Crippen LogP contribution in [0.4, 0.5) is 5.69 Å². The van der Waals surface area contributed by atoms with Crippen LogP contribution in [0, 0.1) is 6.92 Å². The summed E-state index contributed by atoms with van der Waals surface area (Å²) in [5.74, 6) is -0.133. The molecule has 3 rings (SSSR count). The molecule has 1 fully saturated rings. The van der Waals surface area contributed by atoms with Gasteiger partial charge >= 0.3 is 0 Å². The molecule has 1 heterocycles. The molecule has 25 heavy (non-hydrogen) atoms. The van der Waals surface area contributed by atoms with Crippen LogP contribution in [0.5, 0.6) is 0 Å². The van der Waals surface area contributed by atoms with Crippen molar-refractivity contribution in [1.29, 1.82) is 0 Å². The zero-order valence-corrected chi connectivity index (χ0v) is 14.7. The highest BCUT2D eigenvalue weighted by molar-refractivity contribution is 7.89. The molecular formula is C18H20N2O4S. The van der Waals surface area contributed by atoms with Crippen LogP contribution in [-0.2, 0) is 19.6 Å². The van der Waals surface area contributed by atoms with Crippen LogP contribution < -0.4 is 9.62 Å². The van der Waals surface area contributed by atoms with Crippen molar-refractivity contribution in [2.45, 2.75) is 17.9 Å². The number of amides is 1. The Morgan fingerprint density at radius 1 is 1.12 bits per heavy atom. The summed E-state index contributed by atoms with van der Waals surface area (Å²) in [4.78, 5) is 13.9. The summed E-state index contributed by atoms with van der Waals surface area (Å²) in [6.45, 7) is 2.32. The van der Waals surface area contributed by atoms with Gasteiger partial charge in [-0.25, -0.2) is 13.1 Å². The van der Waals surface area contributed by atoms with Gasteiger partial charge in [-0.15, -0.1) is 0 Å². The van der Waals surface area contributed by atoms with Gasteiger partial charge in [-0.3, -0.25) is 4.79 Å². The predicted molar refractivity (Wildman–Crippen MR) is 94.9 cm³/mol. The second-order valence-electron chi connectivity index (χ2n) is 5.94. The minimum Gasteiger partial charge on any atom is -0.365 e. The van der Waals surface area contributed by atoms with E-state index in [2.05, 4.69) is 4.72 Å². The Labute approximate surface area is 147 Å². The molecule has 132 valence electrons. The monoisotopic (exact) mass is 360 g/mol. The number of nitrogens with one attached hydrogen (secondary N) is 1. The molecule has 0 saturated carbocycles. The molecule has 0 spiro atoms. The second-order valence-corrected chi connectivity index (χ2v) is 7.70. The zero-order valence-electron chi connectivity index (χ0n) is 13.9. The molecule has 6 nitrogen and oxygen atoms in total. The van der Waals surface area contributed by atoms with E-state index >= 15 is 0 Å². The van der Waals surface area contributed by atoms with Gasteiger partial charge in [0.05, 0.1) is 17.5 Å². The van der Waals surface area contributed by atoms with Crippen LogP contribution in [0.1, 0.15) is 5.56 Å². The summed E-state index contributed by atoms with van der Waals surface area (Å²) in [5.41, 5.74) is 1.89. The molecule has 1 unspecified atom stereocenters. The number of carbonyl (C=O) groups is 1. The van der Waals surface area contributed by atoms with Crippen molar-refractivity contribution in [1.82, 2.24) is 4.72 Å². The maximum atomic E-state index is 12.3. The van der Waals surface area contributed by atoms with Crippen molar-refractivity contribution in [3.63, 3.8) is 0 Å². The third-order valence-electron chi connectivity index (χ3n) is 4.03. The first kappa shape index (κ1) is 17.6. The number of sulfonamides is 1. The molecule has 0 radical (unpaired) electrons. The maximum Gasteiger partial charge on any atom is 0.253 e. The lowest BCUT2D eigenvalue weighted by Gasteiger charge is -2.32. The van der Waals surface area contributed by atoms with Gasteiger partial charge in [0.15, 0.2) is 0 Å². The van der Waals surface area contributed by atoms with Crippen LogP contribution >= 0.6 is 0 Å². The van der Waals surface area contributed by atoms with Crippen molar-refractivity contribution < 1.29 is 17.9 Å². The third-order valence-corrected chi connectivity index (χ3v) is 5.47. The highest BCUT2D eigenvalue weighted by Gasteiger charge is 2.28. The van der Waals surface area contributed by atoms with E-state index in [9.17, 15) is 13.2 Å². The molecule has 2 aromatic rings. The molecule has 1 amide bonds. The quantitative estimate of drug-likeness (QED) is 0.881. The summed E-state index contributed by atoms with van der Waals surface area (Å²) in [5, 5.41) is 0. The van der Waals surface area contributed by atoms with Gasteiger partial charge in [-0.1, -0.05) is 35.9 Å². The van der Waals surface area contributed by atoms with E-state index in [-0.39, 0.29) is 24.0 Å². The fraction of sp³-hybridized carbons (Fsp3) is 0.278. The van der Waals surface area contributed by atoms with E-state index in [1.54, 1.807) is 23.1 Å². The van der Waals surface area contributed by atoms with Crippen LogP contribution in [0.15, 0.2) is 59.5 Å². The Bertz CT molecular complexity index is 835. The van der Waals surface area contributed by atoms with Crippen LogP contribution in [0.3, 0.4) is 0 Å². The van der Waals surface area contributed by atoms with E-state index in [4.69, 9.17) is 4.74 Å². The SMILES string of the molecule is Cc1ccc(N2CC(CNS(=O)(=O)c3ccccc3)OCC2=O)cc1. The Hall–Kier alpha value is -2.22. The summed E-state index contributed by atoms with van der Waals surface area (Å²) in [6.07, 6.45) is -0.405. The Kier molecular flexibility index (Phi) is 5.17. The summed E-state index contributed by atoms with van der Waals surface area (Å²) >= 11 is 0. The highest BCUT2D eigenvalue weighted by Crippen LogP contribution is 2.19. The summed E-state index contributed by atoms with van der Waals surface area (Å²) in [6, 6.07) is 15.8. The molecule has 1 saturated heterocycles. The van der Waals surface area contributed by atoms with Gasteiger partial charge in [0.2, 0.25) is 10.0 Å². The fourth-order valence-electron chi connectivity index (χ4n) is 2.61. The van der Waals surface area contributed by atoms with E-state index in [1.807, 2.05) is 31.2 Å². The number of ether oxygens (including phenoxy) is 1. The van der Waals surface area contributed by atoms with Gasteiger partial charge in [0, 0.05) is 12.2 Å². The first-order chi connectivity index (χ1) is 12.0. The first-order valence-electron chi connectivity index (χ1n) is 7.99. The Balaban J connectivity index is 1.66. The first-order valence-corrected chi connectivity index (χ1v) is 9.47. The van der Waals surface area contributed by atoms with E-state index in [0.717, 1.165) is 11.3 Å². The number of anilines is 1. The molecule has 7 heteroatoms. The lowest BCUT2D eigenvalue weighted by atomic mass is 10.2. The van der Waals surface area contributed by atoms with Gasteiger partial charge < -0.3 is 9.64 Å². The predicted octanol–water partition coefficient (Wildman–Crippen LogP) is 1.71. The smallest absolute Gasteiger partial charge is 0.253 e. The Morgan fingerprint density at radius 3 is 2.48 bits per heavy atom.